The van der Waals surface area contributed by atoms with Gasteiger partial charge < -0.3 is 0 Å². The average molecular weight is 195 g/mol. The molecule has 14 heavy (non-hydrogen) atoms. The second-order valence-corrected chi connectivity index (χ2v) is 4.63. The third kappa shape index (κ3) is 2.44. The number of likely N-dealkylation sites (N-methyl/N-ethyl adjacent to an activating group) is 1. The monoisotopic (exact) mass is 195 g/mol. The maximum absolute atomic E-state index is 11.6. The molecule has 80 valence electrons. The van der Waals surface area contributed by atoms with Crippen molar-refractivity contribution in [2.45, 2.75) is 32.7 Å². The Hall–Kier alpha value is -0.630. The summed E-state index contributed by atoms with van der Waals surface area (Å²) in [5, 5.41) is 0. The molecular weight excluding hydrogens is 174 g/mol. The molecule has 0 aromatic rings. The zero-order valence-electron chi connectivity index (χ0n) is 9.49. The summed E-state index contributed by atoms with van der Waals surface area (Å²) >= 11 is 0. The Morgan fingerprint density at radius 1 is 1.57 bits per heavy atom. The maximum atomic E-state index is 11.6. The Kier molecular flexibility index (Phi) is 3.87. The van der Waals surface area contributed by atoms with E-state index in [9.17, 15) is 4.79 Å². The van der Waals surface area contributed by atoms with E-state index in [0.29, 0.717) is 11.8 Å². The van der Waals surface area contributed by atoms with E-state index >= 15 is 0 Å². The molecule has 2 nitrogen and oxygen atoms in total. The van der Waals surface area contributed by atoms with Crippen molar-refractivity contribution >= 4 is 5.78 Å². The van der Waals surface area contributed by atoms with Crippen LogP contribution in [0.2, 0.25) is 0 Å². The van der Waals surface area contributed by atoms with Gasteiger partial charge in [0.15, 0.2) is 5.78 Å². The molecule has 1 aliphatic rings. The third-order valence-corrected chi connectivity index (χ3v) is 3.38. The summed E-state index contributed by atoms with van der Waals surface area (Å²) in [6.45, 7) is 9.08. The molecule has 0 spiro atoms. The first kappa shape index (κ1) is 11.4. The molecule has 2 unspecified atom stereocenters. The number of hydrogen-bond donors (Lipinski definition) is 0. The molecule has 0 aromatic carbocycles. The number of nitrogens with zero attached hydrogens (tertiary/aromatic N) is 1. The first-order valence-electron chi connectivity index (χ1n) is 5.42. The lowest BCUT2D eigenvalue weighted by molar-refractivity contribution is -0.121. The van der Waals surface area contributed by atoms with E-state index in [4.69, 9.17) is 0 Å². The number of hydrogen-bond acceptors (Lipinski definition) is 2. The number of piperidine rings is 1. The van der Waals surface area contributed by atoms with Crippen molar-refractivity contribution < 1.29 is 4.79 Å². The predicted molar refractivity (Wildman–Crippen MR) is 59.2 cm³/mol. The minimum absolute atomic E-state index is 0.0775. The lowest BCUT2D eigenvalue weighted by Gasteiger charge is -2.37. The van der Waals surface area contributed by atoms with E-state index in [1.165, 1.54) is 12.5 Å². The van der Waals surface area contributed by atoms with Gasteiger partial charge in [-0.05, 0) is 44.3 Å². The molecule has 0 amide bonds. The highest BCUT2D eigenvalue weighted by atomic mass is 16.1. The minimum Gasteiger partial charge on any atom is -0.296 e. The number of ketones is 1. The molecule has 0 bridgehead atoms. The van der Waals surface area contributed by atoms with Gasteiger partial charge in [0, 0.05) is 0 Å². The van der Waals surface area contributed by atoms with Crippen LogP contribution < -0.4 is 0 Å². The Morgan fingerprint density at radius 2 is 2.21 bits per heavy atom. The SMILES string of the molecule is C=CC(=O)C1CC(C(C)C)CCN1C. The van der Waals surface area contributed by atoms with Gasteiger partial charge in [0.2, 0.25) is 0 Å². The molecule has 1 fully saturated rings. The molecule has 2 heteroatoms. The summed E-state index contributed by atoms with van der Waals surface area (Å²) in [5.74, 6) is 1.56. The smallest absolute Gasteiger partial charge is 0.172 e. The summed E-state index contributed by atoms with van der Waals surface area (Å²) < 4.78 is 0. The molecule has 1 saturated heterocycles. The molecule has 0 radical (unpaired) electrons. The Morgan fingerprint density at radius 3 is 2.71 bits per heavy atom. The van der Waals surface area contributed by atoms with Crippen molar-refractivity contribution in [3.8, 4) is 0 Å². The zero-order valence-corrected chi connectivity index (χ0v) is 9.49. The molecule has 0 saturated carbocycles. The summed E-state index contributed by atoms with van der Waals surface area (Å²) in [5.41, 5.74) is 0. The van der Waals surface area contributed by atoms with Gasteiger partial charge in [0.1, 0.15) is 0 Å². The Labute approximate surface area is 87.0 Å². The van der Waals surface area contributed by atoms with Crippen molar-refractivity contribution in [2.75, 3.05) is 13.6 Å². The van der Waals surface area contributed by atoms with Gasteiger partial charge >= 0.3 is 0 Å². The third-order valence-electron chi connectivity index (χ3n) is 3.38. The highest BCUT2D eigenvalue weighted by molar-refractivity contribution is 5.93. The van der Waals surface area contributed by atoms with Crippen LogP contribution in [0.3, 0.4) is 0 Å². The minimum atomic E-state index is 0.0775. The summed E-state index contributed by atoms with van der Waals surface area (Å²) in [6, 6.07) is 0.0775. The molecule has 0 aliphatic carbocycles. The van der Waals surface area contributed by atoms with Crippen LogP contribution in [-0.2, 0) is 4.79 Å². The topological polar surface area (TPSA) is 20.3 Å². The largest absolute Gasteiger partial charge is 0.296 e. The molecule has 2 atom stereocenters. The van der Waals surface area contributed by atoms with Crippen LogP contribution in [-0.4, -0.2) is 30.3 Å². The van der Waals surface area contributed by atoms with Gasteiger partial charge in [-0.1, -0.05) is 20.4 Å². The summed E-state index contributed by atoms with van der Waals surface area (Å²) in [4.78, 5) is 13.7. The van der Waals surface area contributed by atoms with Crippen LogP contribution in [0.5, 0.6) is 0 Å². The highest BCUT2D eigenvalue weighted by Gasteiger charge is 2.30. The van der Waals surface area contributed by atoms with E-state index in [-0.39, 0.29) is 11.8 Å². The maximum Gasteiger partial charge on any atom is 0.172 e. The molecule has 1 rings (SSSR count). The summed E-state index contributed by atoms with van der Waals surface area (Å²) in [6.07, 6.45) is 3.68. The molecule has 0 N–H and O–H groups in total. The number of likely N-dealkylation sites (tertiary alicyclic amines) is 1. The average Bonchev–Trinajstić information content (AvgIpc) is 2.17. The van der Waals surface area contributed by atoms with Gasteiger partial charge in [-0.2, -0.15) is 0 Å². The molecular formula is C12H21NO. The van der Waals surface area contributed by atoms with Crippen molar-refractivity contribution in [3.05, 3.63) is 12.7 Å². The van der Waals surface area contributed by atoms with E-state index < -0.39 is 0 Å². The quantitative estimate of drug-likeness (QED) is 0.643. The zero-order chi connectivity index (χ0) is 10.7. The fraction of sp³-hybridized carbons (Fsp3) is 0.750. The van der Waals surface area contributed by atoms with E-state index in [1.54, 1.807) is 0 Å². The van der Waals surface area contributed by atoms with E-state index in [0.717, 1.165) is 13.0 Å². The van der Waals surface area contributed by atoms with E-state index in [2.05, 4.69) is 25.3 Å². The first-order chi connectivity index (χ1) is 6.56. The fourth-order valence-electron chi connectivity index (χ4n) is 2.18. The Bertz CT molecular complexity index is 222. The highest BCUT2D eigenvalue weighted by Crippen LogP contribution is 2.28. The predicted octanol–water partition coefficient (Wildman–Crippen LogP) is 2.11. The van der Waals surface area contributed by atoms with Crippen molar-refractivity contribution in [2.24, 2.45) is 11.8 Å². The standard InChI is InChI=1S/C12H21NO/c1-5-12(14)11-8-10(9(2)3)6-7-13(11)4/h5,9-11H,1,6-8H2,2-4H3. The van der Waals surface area contributed by atoms with Gasteiger partial charge in [0.05, 0.1) is 6.04 Å². The normalized spacial score (nSPS) is 29.1. The molecule has 1 heterocycles. The number of rotatable bonds is 3. The molecule has 0 aromatic heterocycles. The van der Waals surface area contributed by atoms with Crippen LogP contribution in [0.4, 0.5) is 0 Å². The van der Waals surface area contributed by atoms with Gasteiger partial charge in [-0.15, -0.1) is 0 Å². The van der Waals surface area contributed by atoms with Crippen LogP contribution in [0, 0.1) is 11.8 Å². The van der Waals surface area contributed by atoms with Gasteiger partial charge in [0.25, 0.3) is 0 Å². The lowest BCUT2D eigenvalue weighted by atomic mass is 9.82. The number of carbonyl (C=O) groups is 1. The molecule has 1 aliphatic heterocycles. The second kappa shape index (κ2) is 4.74. The van der Waals surface area contributed by atoms with E-state index in [1.807, 2.05) is 7.05 Å². The van der Waals surface area contributed by atoms with Crippen LogP contribution in [0.15, 0.2) is 12.7 Å². The lowest BCUT2D eigenvalue weighted by Crippen LogP contribution is -2.45. The van der Waals surface area contributed by atoms with Gasteiger partial charge in [-0.3, -0.25) is 9.69 Å². The second-order valence-electron chi connectivity index (χ2n) is 4.63. The van der Waals surface area contributed by atoms with Crippen molar-refractivity contribution in [1.82, 2.24) is 4.90 Å². The Balaban J connectivity index is 2.64. The fourth-order valence-corrected chi connectivity index (χ4v) is 2.18. The van der Waals surface area contributed by atoms with Gasteiger partial charge in [-0.25, -0.2) is 0 Å². The summed E-state index contributed by atoms with van der Waals surface area (Å²) in [7, 11) is 2.03. The number of carbonyl (C=O) groups excluding carboxylic acids is 1. The van der Waals surface area contributed by atoms with Crippen LogP contribution in [0.1, 0.15) is 26.7 Å². The van der Waals surface area contributed by atoms with Crippen molar-refractivity contribution in [1.29, 1.82) is 0 Å². The van der Waals surface area contributed by atoms with Crippen molar-refractivity contribution in [3.63, 3.8) is 0 Å². The van der Waals surface area contributed by atoms with Crippen LogP contribution >= 0.6 is 0 Å². The van der Waals surface area contributed by atoms with Crippen LogP contribution in [0.25, 0.3) is 0 Å². The first-order valence-corrected chi connectivity index (χ1v) is 5.42.